The SMILES string of the molecule is c1cc2c(cc1CNN1CCOCC1)OCCCO2. The molecule has 2 heterocycles. The Balaban J connectivity index is 1.60. The molecule has 0 amide bonds. The maximum Gasteiger partial charge on any atom is 0.161 e. The highest BCUT2D eigenvalue weighted by atomic mass is 16.5. The van der Waals surface area contributed by atoms with Crippen molar-refractivity contribution in [1.29, 1.82) is 0 Å². The molecule has 2 aliphatic heterocycles. The maximum atomic E-state index is 5.69. The van der Waals surface area contributed by atoms with Crippen molar-refractivity contribution in [2.45, 2.75) is 13.0 Å². The molecule has 1 saturated heterocycles. The van der Waals surface area contributed by atoms with Crippen molar-refractivity contribution in [3.8, 4) is 11.5 Å². The first kappa shape index (κ1) is 12.7. The molecule has 5 nitrogen and oxygen atoms in total. The third-order valence-electron chi connectivity index (χ3n) is 3.33. The molecule has 19 heavy (non-hydrogen) atoms. The Morgan fingerprint density at radius 3 is 2.63 bits per heavy atom. The molecule has 3 rings (SSSR count). The van der Waals surface area contributed by atoms with Crippen LogP contribution in [0.5, 0.6) is 11.5 Å². The second kappa shape index (κ2) is 6.23. The summed E-state index contributed by atoms with van der Waals surface area (Å²) in [5, 5.41) is 2.20. The van der Waals surface area contributed by atoms with Crippen LogP contribution in [0.2, 0.25) is 0 Å². The molecule has 5 heteroatoms. The minimum Gasteiger partial charge on any atom is -0.490 e. The van der Waals surface area contributed by atoms with E-state index >= 15 is 0 Å². The van der Waals surface area contributed by atoms with Crippen LogP contribution in [0.25, 0.3) is 0 Å². The highest BCUT2D eigenvalue weighted by molar-refractivity contribution is 5.43. The summed E-state index contributed by atoms with van der Waals surface area (Å²) < 4.78 is 16.6. The molecule has 1 N–H and O–H groups in total. The van der Waals surface area contributed by atoms with Crippen LogP contribution in [0.4, 0.5) is 0 Å². The zero-order chi connectivity index (χ0) is 12.9. The van der Waals surface area contributed by atoms with Crippen LogP contribution in [-0.2, 0) is 11.3 Å². The van der Waals surface area contributed by atoms with E-state index in [4.69, 9.17) is 14.2 Å². The van der Waals surface area contributed by atoms with E-state index in [0.717, 1.165) is 64.0 Å². The molecule has 0 bridgehead atoms. The normalized spacial score (nSPS) is 20.0. The number of hydrazine groups is 1. The number of ether oxygens (including phenoxy) is 3. The van der Waals surface area contributed by atoms with Gasteiger partial charge in [-0.1, -0.05) is 6.07 Å². The Morgan fingerprint density at radius 2 is 1.79 bits per heavy atom. The third kappa shape index (κ3) is 3.37. The van der Waals surface area contributed by atoms with Gasteiger partial charge in [-0.15, -0.1) is 0 Å². The molecule has 104 valence electrons. The molecule has 1 aromatic rings. The highest BCUT2D eigenvalue weighted by Gasteiger charge is 2.12. The van der Waals surface area contributed by atoms with Crippen LogP contribution in [0.1, 0.15) is 12.0 Å². The van der Waals surface area contributed by atoms with Gasteiger partial charge >= 0.3 is 0 Å². The lowest BCUT2D eigenvalue weighted by atomic mass is 10.2. The summed E-state index contributed by atoms with van der Waals surface area (Å²) in [6, 6.07) is 6.14. The van der Waals surface area contributed by atoms with Crippen LogP contribution in [0.3, 0.4) is 0 Å². The second-order valence-electron chi connectivity index (χ2n) is 4.77. The summed E-state index contributed by atoms with van der Waals surface area (Å²) in [6.07, 6.45) is 0.941. The Kier molecular flexibility index (Phi) is 4.17. The Hall–Kier alpha value is -1.30. The molecule has 0 radical (unpaired) electrons. The summed E-state index contributed by atoms with van der Waals surface area (Å²) >= 11 is 0. The van der Waals surface area contributed by atoms with Crippen LogP contribution >= 0.6 is 0 Å². The Labute approximate surface area is 113 Å². The van der Waals surface area contributed by atoms with Crippen LogP contribution < -0.4 is 14.9 Å². The van der Waals surface area contributed by atoms with Gasteiger partial charge in [0.25, 0.3) is 0 Å². The second-order valence-corrected chi connectivity index (χ2v) is 4.77. The third-order valence-corrected chi connectivity index (χ3v) is 3.33. The van der Waals surface area contributed by atoms with Crippen molar-refractivity contribution in [2.75, 3.05) is 39.5 Å². The van der Waals surface area contributed by atoms with E-state index in [9.17, 15) is 0 Å². The van der Waals surface area contributed by atoms with Gasteiger partial charge in [-0.3, -0.25) is 5.43 Å². The monoisotopic (exact) mass is 264 g/mol. The zero-order valence-electron chi connectivity index (χ0n) is 11.1. The van der Waals surface area contributed by atoms with Crippen molar-refractivity contribution in [2.24, 2.45) is 0 Å². The van der Waals surface area contributed by atoms with E-state index in [1.54, 1.807) is 0 Å². The number of nitrogens with zero attached hydrogens (tertiary/aromatic N) is 1. The van der Waals surface area contributed by atoms with E-state index in [1.165, 1.54) is 5.56 Å². The van der Waals surface area contributed by atoms with Crippen LogP contribution in [0, 0.1) is 0 Å². The zero-order valence-corrected chi connectivity index (χ0v) is 11.1. The van der Waals surface area contributed by atoms with Gasteiger partial charge < -0.3 is 14.2 Å². The van der Waals surface area contributed by atoms with E-state index in [0.29, 0.717) is 0 Å². The molecule has 0 aliphatic carbocycles. The molecule has 0 unspecified atom stereocenters. The van der Waals surface area contributed by atoms with Gasteiger partial charge in [-0.25, -0.2) is 5.01 Å². The number of fused-ring (bicyclic) bond motifs is 1. The summed E-state index contributed by atoms with van der Waals surface area (Å²) in [5.74, 6) is 1.71. The van der Waals surface area contributed by atoms with Gasteiger partial charge in [0, 0.05) is 26.1 Å². The molecular formula is C14H20N2O3. The first-order valence-electron chi connectivity index (χ1n) is 6.86. The van der Waals surface area contributed by atoms with Gasteiger partial charge in [0.2, 0.25) is 0 Å². The molecule has 0 saturated carbocycles. The van der Waals surface area contributed by atoms with Gasteiger partial charge in [0.15, 0.2) is 11.5 Å². The molecule has 0 aromatic heterocycles. The minimum absolute atomic E-state index is 0.730. The van der Waals surface area contributed by atoms with E-state index in [2.05, 4.69) is 22.6 Å². The standard InChI is InChI=1S/C14H20N2O3/c1-6-18-13-3-2-12(10-14(13)19-7-1)11-15-16-4-8-17-9-5-16/h2-3,10,15H,1,4-9,11H2. The van der Waals surface area contributed by atoms with E-state index in [1.807, 2.05) is 6.07 Å². The highest BCUT2D eigenvalue weighted by Crippen LogP contribution is 2.30. The summed E-state index contributed by atoms with van der Waals surface area (Å²) in [7, 11) is 0. The Morgan fingerprint density at radius 1 is 1.00 bits per heavy atom. The minimum atomic E-state index is 0.730. The largest absolute Gasteiger partial charge is 0.490 e. The number of benzene rings is 1. The first-order chi connectivity index (χ1) is 9.42. The maximum absolute atomic E-state index is 5.69. The summed E-state index contributed by atoms with van der Waals surface area (Å²) in [6.45, 7) is 5.74. The number of hydrogen-bond donors (Lipinski definition) is 1. The van der Waals surface area contributed by atoms with Crippen molar-refractivity contribution in [1.82, 2.24) is 10.4 Å². The van der Waals surface area contributed by atoms with Gasteiger partial charge in [0.05, 0.1) is 26.4 Å². The van der Waals surface area contributed by atoms with E-state index < -0.39 is 0 Å². The summed E-state index contributed by atoms with van der Waals surface area (Å²) in [5.41, 5.74) is 4.62. The van der Waals surface area contributed by atoms with Gasteiger partial charge in [0.1, 0.15) is 0 Å². The molecular weight excluding hydrogens is 244 g/mol. The fourth-order valence-electron chi connectivity index (χ4n) is 2.24. The molecule has 2 aliphatic rings. The van der Waals surface area contributed by atoms with E-state index in [-0.39, 0.29) is 0 Å². The number of nitrogens with one attached hydrogen (secondary N) is 1. The first-order valence-corrected chi connectivity index (χ1v) is 6.86. The smallest absolute Gasteiger partial charge is 0.161 e. The van der Waals surface area contributed by atoms with Gasteiger partial charge in [-0.05, 0) is 17.7 Å². The van der Waals surface area contributed by atoms with Crippen LogP contribution in [-0.4, -0.2) is 44.5 Å². The molecule has 0 atom stereocenters. The average molecular weight is 264 g/mol. The van der Waals surface area contributed by atoms with Crippen molar-refractivity contribution in [3.05, 3.63) is 23.8 Å². The summed E-state index contributed by atoms with van der Waals surface area (Å²) in [4.78, 5) is 0. The average Bonchev–Trinajstić information content (AvgIpc) is 2.71. The lowest BCUT2D eigenvalue weighted by Crippen LogP contribution is -2.45. The number of morpholine rings is 1. The predicted molar refractivity (Wildman–Crippen MR) is 71.3 cm³/mol. The number of rotatable bonds is 3. The van der Waals surface area contributed by atoms with Crippen LogP contribution in [0.15, 0.2) is 18.2 Å². The van der Waals surface area contributed by atoms with Crippen molar-refractivity contribution in [3.63, 3.8) is 0 Å². The fraction of sp³-hybridized carbons (Fsp3) is 0.571. The van der Waals surface area contributed by atoms with Gasteiger partial charge in [-0.2, -0.15) is 0 Å². The lowest BCUT2D eigenvalue weighted by Gasteiger charge is -2.27. The predicted octanol–water partition coefficient (Wildman–Crippen LogP) is 1.18. The quantitative estimate of drug-likeness (QED) is 0.888. The molecule has 1 fully saturated rings. The molecule has 1 aromatic carbocycles. The fourth-order valence-corrected chi connectivity index (χ4v) is 2.24. The number of hydrogen-bond acceptors (Lipinski definition) is 5. The lowest BCUT2D eigenvalue weighted by molar-refractivity contribution is 0.0105. The van der Waals surface area contributed by atoms with Crippen molar-refractivity contribution < 1.29 is 14.2 Å². The molecule has 0 spiro atoms. The Bertz CT molecular complexity index is 419. The topological polar surface area (TPSA) is 43.0 Å². The van der Waals surface area contributed by atoms with Crippen molar-refractivity contribution >= 4 is 0 Å².